The molecular weight excluding hydrogens is 428 g/mol. The summed E-state index contributed by atoms with van der Waals surface area (Å²) in [6.07, 6.45) is 3.15. The number of urea groups is 1. The van der Waals surface area contributed by atoms with Gasteiger partial charge in [-0.05, 0) is 49.6 Å². The Balaban J connectivity index is 1.58. The molecule has 0 spiro atoms. The third-order valence-electron chi connectivity index (χ3n) is 5.63. The Morgan fingerprint density at radius 1 is 0.941 bits per heavy atom. The minimum Gasteiger partial charge on any atom is -0.383 e. The molecule has 0 radical (unpaired) electrons. The maximum atomic E-state index is 13.4. The first-order chi connectivity index (χ1) is 16.2. The number of carbonyl (C=O) groups is 2. The van der Waals surface area contributed by atoms with Crippen molar-refractivity contribution in [2.24, 2.45) is 0 Å². The smallest absolute Gasteiger partial charge is 0.323 e. The second kappa shape index (κ2) is 9.35. The molecule has 0 unspecified atom stereocenters. The van der Waals surface area contributed by atoms with Crippen LogP contribution in [0.15, 0.2) is 61.1 Å². The number of nitrogens with two attached hydrogens (primary N) is 1. The molecule has 2 amide bonds. The normalized spacial score (nSPS) is 11.2. The molecule has 0 bridgehead atoms. The highest BCUT2D eigenvalue weighted by atomic mass is 16.2. The molecule has 4 rings (SSSR count). The fraction of sp³-hybridized carbons (Fsp3) is 0.231. The fourth-order valence-electron chi connectivity index (χ4n) is 3.84. The number of ketones is 1. The number of carbonyl (C=O) groups excluding carboxylic acids is 2. The molecule has 0 saturated heterocycles. The molecular formula is C26H28N6O2. The summed E-state index contributed by atoms with van der Waals surface area (Å²) < 4.78 is 1.90. The first-order valence-electron chi connectivity index (χ1n) is 11.2. The number of aromatic nitrogens is 3. The lowest BCUT2D eigenvalue weighted by Crippen LogP contribution is -2.19. The zero-order chi connectivity index (χ0) is 24.4. The topological polar surface area (TPSA) is 115 Å². The van der Waals surface area contributed by atoms with Crippen LogP contribution in [0, 0.1) is 0 Å². The van der Waals surface area contributed by atoms with Gasteiger partial charge in [0.05, 0.1) is 10.9 Å². The van der Waals surface area contributed by atoms with E-state index in [0.29, 0.717) is 39.5 Å². The van der Waals surface area contributed by atoms with E-state index in [9.17, 15) is 9.59 Å². The van der Waals surface area contributed by atoms with Gasteiger partial charge in [0.15, 0.2) is 5.78 Å². The Kier molecular flexibility index (Phi) is 6.32. The summed E-state index contributed by atoms with van der Waals surface area (Å²) >= 11 is 0. The van der Waals surface area contributed by atoms with Crippen molar-refractivity contribution >= 4 is 40.0 Å². The number of amides is 2. The third-order valence-corrected chi connectivity index (χ3v) is 5.63. The third kappa shape index (κ3) is 4.61. The molecule has 0 saturated carbocycles. The van der Waals surface area contributed by atoms with Crippen molar-refractivity contribution in [1.29, 1.82) is 0 Å². The first kappa shape index (κ1) is 23.0. The van der Waals surface area contributed by atoms with Crippen LogP contribution in [-0.4, -0.2) is 26.3 Å². The van der Waals surface area contributed by atoms with Crippen molar-refractivity contribution in [2.45, 2.75) is 39.7 Å². The van der Waals surface area contributed by atoms with Gasteiger partial charge in [-0.3, -0.25) is 4.79 Å². The van der Waals surface area contributed by atoms with Crippen molar-refractivity contribution < 1.29 is 9.59 Å². The largest absolute Gasteiger partial charge is 0.383 e. The van der Waals surface area contributed by atoms with E-state index in [-0.39, 0.29) is 23.7 Å². The summed E-state index contributed by atoms with van der Waals surface area (Å²) in [6, 6.07) is 14.2. The van der Waals surface area contributed by atoms with Crippen molar-refractivity contribution in [1.82, 2.24) is 14.5 Å². The van der Waals surface area contributed by atoms with E-state index >= 15 is 0 Å². The second-order valence-electron chi connectivity index (χ2n) is 8.77. The maximum Gasteiger partial charge on any atom is 0.323 e. The van der Waals surface area contributed by atoms with Crippen LogP contribution < -0.4 is 16.4 Å². The number of hydrogen-bond acceptors (Lipinski definition) is 5. The molecule has 2 aromatic carbocycles. The molecule has 8 heteroatoms. The Bertz CT molecular complexity index is 1370. The molecule has 2 heterocycles. The van der Waals surface area contributed by atoms with Gasteiger partial charge in [-0.25, -0.2) is 14.8 Å². The molecule has 0 aliphatic heterocycles. The number of benzene rings is 2. The zero-order valence-electron chi connectivity index (χ0n) is 19.7. The maximum absolute atomic E-state index is 13.4. The average Bonchev–Trinajstić information content (AvgIpc) is 3.20. The predicted octanol–water partition coefficient (Wildman–Crippen LogP) is 5.59. The molecule has 174 valence electrons. The fourth-order valence-corrected chi connectivity index (χ4v) is 3.84. The van der Waals surface area contributed by atoms with Gasteiger partial charge in [-0.15, -0.1) is 0 Å². The first-order valence-corrected chi connectivity index (χ1v) is 11.2. The van der Waals surface area contributed by atoms with Gasteiger partial charge in [0.25, 0.3) is 0 Å². The average molecular weight is 457 g/mol. The van der Waals surface area contributed by atoms with Crippen LogP contribution in [0.25, 0.3) is 11.0 Å². The van der Waals surface area contributed by atoms with Gasteiger partial charge in [-0.1, -0.05) is 38.1 Å². The summed E-state index contributed by atoms with van der Waals surface area (Å²) in [7, 11) is 0. The minimum absolute atomic E-state index is 0.0873. The monoisotopic (exact) mass is 456 g/mol. The number of fused-ring (bicyclic) bond motifs is 1. The molecule has 4 N–H and O–H groups in total. The minimum atomic E-state index is -0.389. The van der Waals surface area contributed by atoms with Crippen molar-refractivity contribution in [3.05, 3.63) is 77.7 Å². The van der Waals surface area contributed by atoms with Gasteiger partial charge in [0.2, 0.25) is 0 Å². The molecule has 0 atom stereocenters. The number of nitrogen functional groups attached to an aromatic ring is 1. The Morgan fingerprint density at radius 3 is 2.29 bits per heavy atom. The summed E-state index contributed by atoms with van der Waals surface area (Å²) in [5.41, 5.74) is 9.90. The number of anilines is 3. The van der Waals surface area contributed by atoms with Gasteiger partial charge in [0, 0.05) is 29.2 Å². The second-order valence-corrected chi connectivity index (χ2v) is 8.77. The van der Waals surface area contributed by atoms with Gasteiger partial charge < -0.3 is 20.9 Å². The number of nitrogens with zero attached hydrogens (tertiary/aromatic N) is 3. The quantitative estimate of drug-likeness (QED) is 0.327. The Morgan fingerprint density at radius 2 is 1.62 bits per heavy atom. The van der Waals surface area contributed by atoms with E-state index in [0.717, 1.165) is 5.56 Å². The Labute approximate surface area is 198 Å². The van der Waals surface area contributed by atoms with E-state index < -0.39 is 0 Å². The van der Waals surface area contributed by atoms with E-state index in [2.05, 4.69) is 34.4 Å². The SMILES string of the molecule is CC(C)c1cccc(NC(=O)Nc2cccc(C(=O)c3cn(C(C)C)c4ncnc(N)c34)c2)c1. The molecule has 4 aromatic rings. The van der Waals surface area contributed by atoms with Crippen LogP contribution in [0.3, 0.4) is 0 Å². The molecule has 0 aliphatic carbocycles. The number of rotatable bonds is 6. The van der Waals surface area contributed by atoms with Crippen LogP contribution in [0.1, 0.15) is 61.1 Å². The van der Waals surface area contributed by atoms with Crippen LogP contribution >= 0.6 is 0 Å². The lowest BCUT2D eigenvalue weighted by atomic mass is 10.0. The summed E-state index contributed by atoms with van der Waals surface area (Å²) in [5.74, 6) is 0.387. The van der Waals surface area contributed by atoms with Crippen LogP contribution in [-0.2, 0) is 0 Å². The highest BCUT2D eigenvalue weighted by Crippen LogP contribution is 2.29. The summed E-state index contributed by atoms with van der Waals surface area (Å²) in [5, 5.41) is 6.17. The lowest BCUT2D eigenvalue weighted by molar-refractivity contribution is 0.104. The highest BCUT2D eigenvalue weighted by molar-refractivity contribution is 6.18. The van der Waals surface area contributed by atoms with Gasteiger partial charge >= 0.3 is 6.03 Å². The number of nitrogens with one attached hydrogen (secondary N) is 2. The predicted molar refractivity (Wildman–Crippen MR) is 135 cm³/mol. The number of hydrogen-bond donors (Lipinski definition) is 3. The zero-order valence-corrected chi connectivity index (χ0v) is 19.7. The van der Waals surface area contributed by atoms with E-state index in [4.69, 9.17) is 5.73 Å². The molecule has 0 fully saturated rings. The standard InChI is InChI=1S/C26H28N6O2/c1-15(2)17-7-5-9-19(11-17)30-26(34)31-20-10-6-8-18(12-20)23(33)21-13-32(16(3)4)25-22(21)24(27)28-14-29-25/h5-16H,1-4H3,(H2,27,28,29)(H2,30,31,34). The van der Waals surface area contributed by atoms with Crippen molar-refractivity contribution in [3.8, 4) is 0 Å². The molecule has 8 nitrogen and oxygen atoms in total. The van der Waals surface area contributed by atoms with E-state index in [1.165, 1.54) is 6.33 Å². The Hall–Kier alpha value is -4.20. The van der Waals surface area contributed by atoms with Gasteiger partial charge in [-0.2, -0.15) is 0 Å². The highest BCUT2D eigenvalue weighted by Gasteiger charge is 2.21. The summed E-state index contributed by atoms with van der Waals surface area (Å²) in [4.78, 5) is 34.4. The van der Waals surface area contributed by atoms with Gasteiger partial charge in [0.1, 0.15) is 17.8 Å². The molecule has 34 heavy (non-hydrogen) atoms. The van der Waals surface area contributed by atoms with Crippen LogP contribution in [0.2, 0.25) is 0 Å². The van der Waals surface area contributed by atoms with Crippen molar-refractivity contribution in [3.63, 3.8) is 0 Å². The lowest BCUT2D eigenvalue weighted by Gasteiger charge is -2.11. The van der Waals surface area contributed by atoms with Crippen LogP contribution in [0.5, 0.6) is 0 Å². The molecule has 2 aromatic heterocycles. The van der Waals surface area contributed by atoms with E-state index in [1.807, 2.05) is 42.7 Å². The van der Waals surface area contributed by atoms with E-state index in [1.54, 1.807) is 30.5 Å². The van der Waals surface area contributed by atoms with Crippen LogP contribution in [0.4, 0.5) is 22.0 Å². The van der Waals surface area contributed by atoms with Crippen molar-refractivity contribution in [2.75, 3.05) is 16.4 Å². The summed E-state index contributed by atoms with van der Waals surface area (Å²) in [6.45, 7) is 8.21. The molecule has 0 aliphatic rings.